The predicted molar refractivity (Wildman–Crippen MR) is 121 cm³/mol. The minimum Gasteiger partial charge on any atom is -0.462 e. The number of aryl methyl sites for hydroxylation is 3. The van der Waals surface area contributed by atoms with Gasteiger partial charge in [-0.2, -0.15) is 0 Å². The van der Waals surface area contributed by atoms with E-state index in [0.717, 1.165) is 71.3 Å². The Labute approximate surface area is 182 Å². The van der Waals surface area contributed by atoms with E-state index in [1.165, 1.54) is 28.2 Å². The lowest BCUT2D eigenvalue weighted by Crippen LogP contribution is -2.15. The number of fused-ring (bicyclic) bond motifs is 3. The summed E-state index contributed by atoms with van der Waals surface area (Å²) in [5.74, 6) is -0.662. The third-order valence-corrected chi connectivity index (χ3v) is 8.15. The number of nitrogen functional groups attached to an aromatic ring is 1. The third-order valence-electron chi connectivity index (χ3n) is 5.83. The van der Waals surface area contributed by atoms with E-state index < -0.39 is 0 Å². The zero-order chi connectivity index (χ0) is 20.8. The summed E-state index contributed by atoms with van der Waals surface area (Å²) in [6.07, 6.45) is 7.12. The normalized spacial score (nSPS) is 15.1. The van der Waals surface area contributed by atoms with Gasteiger partial charge in [0, 0.05) is 16.0 Å². The molecule has 0 bridgehead atoms. The number of carbonyl (C=O) groups is 2. The van der Waals surface area contributed by atoms with Gasteiger partial charge >= 0.3 is 5.97 Å². The molecule has 3 N–H and O–H groups in total. The van der Waals surface area contributed by atoms with Crippen LogP contribution in [0.25, 0.3) is 10.2 Å². The van der Waals surface area contributed by atoms with Crippen LogP contribution >= 0.6 is 22.7 Å². The molecule has 0 unspecified atom stereocenters. The van der Waals surface area contributed by atoms with Crippen molar-refractivity contribution in [1.82, 2.24) is 4.98 Å². The molecule has 3 aromatic rings. The minimum absolute atomic E-state index is 0.293. The Bertz CT molecular complexity index is 1180. The van der Waals surface area contributed by atoms with Crippen LogP contribution < -0.4 is 11.1 Å². The van der Waals surface area contributed by atoms with Crippen molar-refractivity contribution in [3.05, 3.63) is 38.2 Å². The summed E-state index contributed by atoms with van der Waals surface area (Å²) in [7, 11) is 0. The van der Waals surface area contributed by atoms with Crippen molar-refractivity contribution in [2.24, 2.45) is 0 Å². The van der Waals surface area contributed by atoms with E-state index >= 15 is 0 Å². The van der Waals surface area contributed by atoms with Crippen LogP contribution in [0.4, 0.5) is 10.7 Å². The van der Waals surface area contributed by atoms with E-state index in [2.05, 4.69) is 11.4 Å². The number of pyridine rings is 1. The standard InChI is InChI=1S/C22H23N3O3S2/c1-2-28-22(27)16-12-7-5-9-15(12)29-21(16)25-19(26)18-17(23)13-10-11-6-3-4-8-14(11)24-20(13)30-18/h10H,2-9,23H2,1H3,(H,25,26). The van der Waals surface area contributed by atoms with Gasteiger partial charge in [0.1, 0.15) is 14.7 Å². The highest BCUT2D eigenvalue weighted by Gasteiger charge is 2.29. The lowest BCUT2D eigenvalue weighted by molar-refractivity contribution is 0.0527. The quantitative estimate of drug-likeness (QED) is 0.571. The van der Waals surface area contributed by atoms with Crippen LogP contribution in [0.1, 0.15) is 67.9 Å². The number of carbonyl (C=O) groups excluding carboxylic acids is 2. The van der Waals surface area contributed by atoms with Crippen molar-refractivity contribution in [3.63, 3.8) is 0 Å². The average Bonchev–Trinajstić information content (AvgIpc) is 3.40. The first-order valence-electron chi connectivity index (χ1n) is 10.4. The Balaban J connectivity index is 1.50. The molecule has 3 heterocycles. The molecule has 2 aliphatic carbocycles. The molecule has 0 aromatic carbocycles. The molecule has 0 atom stereocenters. The molecule has 1 amide bonds. The third kappa shape index (κ3) is 3.18. The fourth-order valence-corrected chi connectivity index (χ4v) is 6.66. The van der Waals surface area contributed by atoms with Crippen LogP contribution in [0.2, 0.25) is 0 Å². The van der Waals surface area contributed by atoms with Crippen molar-refractivity contribution in [3.8, 4) is 0 Å². The zero-order valence-electron chi connectivity index (χ0n) is 16.8. The molecule has 0 saturated heterocycles. The molecule has 0 saturated carbocycles. The van der Waals surface area contributed by atoms with Gasteiger partial charge in [0.05, 0.1) is 17.9 Å². The molecular formula is C22H23N3O3S2. The molecule has 0 fully saturated rings. The maximum Gasteiger partial charge on any atom is 0.341 e. The lowest BCUT2D eigenvalue weighted by atomic mass is 9.95. The van der Waals surface area contributed by atoms with Crippen LogP contribution in [-0.2, 0) is 30.4 Å². The van der Waals surface area contributed by atoms with E-state index in [9.17, 15) is 9.59 Å². The van der Waals surface area contributed by atoms with Crippen molar-refractivity contribution in [2.45, 2.75) is 51.9 Å². The highest BCUT2D eigenvalue weighted by Crippen LogP contribution is 2.41. The van der Waals surface area contributed by atoms with Crippen LogP contribution in [-0.4, -0.2) is 23.5 Å². The number of nitrogens with two attached hydrogens (primary N) is 1. The molecule has 30 heavy (non-hydrogen) atoms. The summed E-state index contributed by atoms with van der Waals surface area (Å²) < 4.78 is 5.25. The number of nitrogens with one attached hydrogen (secondary N) is 1. The van der Waals surface area contributed by atoms with Crippen molar-refractivity contribution >= 4 is 55.5 Å². The number of esters is 1. The van der Waals surface area contributed by atoms with Gasteiger partial charge in [-0.15, -0.1) is 22.7 Å². The number of anilines is 2. The molecule has 6 nitrogen and oxygen atoms in total. The van der Waals surface area contributed by atoms with Gasteiger partial charge in [0.15, 0.2) is 0 Å². The van der Waals surface area contributed by atoms with E-state index in [0.29, 0.717) is 27.7 Å². The summed E-state index contributed by atoms with van der Waals surface area (Å²) in [4.78, 5) is 32.9. The van der Waals surface area contributed by atoms with E-state index in [4.69, 9.17) is 15.5 Å². The molecular weight excluding hydrogens is 418 g/mol. The van der Waals surface area contributed by atoms with Gasteiger partial charge in [0.25, 0.3) is 5.91 Å². The molecule has 2 aliphatic rings. The second-order valence-corrected chi connectivity index (χ2v) is 9.84. The van der Waals surface area contributed by atoms with Gasteiger partial charge in [-0.05, 0) is 69.1 Å². The summed E-state index contributed by atoms with van der Waals surface area (Å²) >= 11 is 2.79. The van der Waals surface area contributed by atoms with Gasteiger partial charge in [-0.1, -0.05) is 0 Å². The lowest BCUT2D eigenvalue weighted by Gasteiger charge is -2.14. The molecule has 5 rings (SSSR count). The fourth-order valence-electron chi connectivity index (χ4n) is 4.40. The molecule has 0 radical (unpaired) electrons. The Kier molecular flexibility index (Phi) is 4.99. The second kappa shape index (κ2) is 7.67. The monoisotopic (exact) mass is 441 g/mol. The zero-order valence-corrected chi connectivity index (χ0v) is 18.4. The molecule has 0 spiro atoms. The fraction of sp³-hybridized carbons (Fsp3) is 0.409. The average molecular weight is 442 g/mol. The summed E-state index contributed by atoms with van der Waals surface area (Å²) in [5, 5.41) is 4.36. The van der Waals surface area contributed by atoms with E-state index in [1.807, 2.05) is 0 Å². The maximum atomic E-state index is 13.1. The predicted octanol–water partition coefficient (Wildman–Crippen LogP) is 4.74. The van der Waals surface area contributed by atoms with E-state index in [-0.39, 0.29) is 11.9 Å². The highest BCUT2D eigenvalue weighted by atomic mass is 32.1. The Morgan fingerprint density at radius 1 is 1.17 bits per heavy atom. The Morgan fingerprint density at radius 3 is 2.83 bits per heavy atom. The number of ether oxygens (including phenoxy) is 1. The molecule has 8 heteroatoms. The Hall–Kier alpha value is -2.45. The van der Waals surface area contributed by atoms with Gasteiger partial charge in [-0.25, -0.2) is 9.78 Å². The van der Waals surface area contributed by atoms with Crippen LogP contribution in [0.3, 0.4) is 0 Å². The first-order valence-corrected chi connectivity index (χ1v) is 12.0. The smallest absolute Gasteiger partial charge is 0.341 e. The number of amides is 1. The number of hydrogen-bond donors (Lipinski definition) is 2. The second-order valence-electron chi connectivity index (χ2n) is 7.73. The SMILES string of the molecule is CCOC(=O)c1c(NC(=O)c2sc3nc4c(cc3c2N)CCCC4)sc2c1CCC2. The van der Waals surface area contributed by atoms with Crippen LogP contribution in [0, 0.1) is 0 Å². The first-order chi connectivity index (χ1) is 14.6. The largest absolute Gasteiger partial charge is 0.462 e. The van der Waals surface area contributed by atoms with Gasteiger partial charge in [0.2, 0.25) is 0 Å². The topological polar surface area (TPSA) is 94.3 Å². The van der Waals surface area contributed by atoms with Gasteiger partial charge < -0.3 is 15.8 Å². The van der Waals surface area contributed by atoms with Crippen LogP contribution in [0.15, 0.2) is 6.07 Å². The van der Waals surface area contributed by atoms with Crippen molar-refractivity contribution < 1.29 is 14.3 Å². The molecule has 156 valence electrons. The number of hydrogen-bond acceptors (Lipinski definition) is 7. The summed E-state index contributed by atoms with van der Waals surface area (Å²) in [5.41, 5.74) is 10.7. The first kappa shape index (κ1) is 19.5. The molecule has 3 aromatic heterocycles. The Morgan fingerprint density at radius 2 is 2.00 bits per heavy atom. The number of aromatic nitrogens is 1. The number of nitrogens with zero attached hydrogens (tertiary/aromatic N) is 1. The number of thiophene rings is 2. The maximum absolute atomic E-state index is 13.1. The highest BCUT2D eigenvalue weighted by molar-refractivity contribution is 7.21. The molecule has 0 aliphatic heterocycles. The summed E-state index contributed by atoms with van der Waals surface area (Å²) in [6.45, 7) is 2.09. The van der Waals surface area contributed by atoms with E-state index in [1.54, 1.807) is 6.92 Å². The van der Waals surface area contributed by atoms with Crippen molar-refractivity contribution in [1.29, 1.82) is 0 Å². The van der Waals surface area contributed by atoms with Crippen molar-refractivity contribution in [2.75, 3.05) is 17.7 Å². The summed E-state index contributed by atoms with van der Waals surface area (Å²) in [6, 6.07) is 2.10. The minimum atomic E-state index is -0.370. The van der Waals surface area contributed by atoms with Gasteiger partial charge in [-0.3, -0.25) is 4.79 Å². The van der Waals surface area contributed by atoms with Crippen LogP contribution in [0.5, 0.6) is 0 Å². The number of rotatable bonds is 4.